The van der Waals surface area contributed by atoms with Crippen molar-refractivity contribution in [2.75, 3.05) is 18.1 Å². The molecule has 21 heavy (non-hydrogen) atoms. The zero-order valence-electron chi connectivity index (χ0n) is 12.1. The van der Waals surface area contributed by atoms with Crippen molar-refractivity contribution < 1.29 is 13.2 Å². The highest BCUT2D eigenvalue weighted by atomic mass is 32.2. The van der Waals surface area contributed by atoms with Crippen LogP contribution in [0.3, 0.4) is 0 Å². The lowest BCUT2D eigenvalue weighted by molar-refractivity contribution is 0.405. The van der Waals surface area contributed by atoms with Gasteiger partial charge in [0.1, 0.15) is 5.75 Å². The predicted octanol–water partition coefficient (Wildman–Crippen LogP) is 3.53. The Bertz CT molecular complexity index is 725. The Labute approximate surface area is 129 Å². The van der Waals surface area contributed by atoms with Crippen molar-refractivity contribution in [3.63, 3.8) is 0 Å². The minimum atomic E-state index is -3.59. The monoisotopic (exact) mass is 323 g/mol. The largest absolute Gasteiger partial charge is 0.496 e. The van der Waals surface area contributed by atoms with E-state index in [1.54, 1.807) is 55.3 Å². The molecule has 0 unspecified atom stereocenters. The fourth-order valence-electron chi connectivity index (χ4n) is 1.83. The van der Waals surface area contributed by atoms with E-state index in [-0.39, 0.29) is 4.90 Å². The van der Waals surface area contributed by atoms with Crippen molar-refractivity contribution in [3.05, 3.63) is 48.0 Å². The van der Waals surface area contributed by atoms with Crippen LogP contribution in [-0.2, 0) is 10.0 Å². The lowest BCUT2D eigenvalue weighted by atomic mass is 10.2. The highest BCUT2D eigenvalue weighted by Gasteiger charge is 2.14. The first kappa shape index (κ1) is 15.7. The van der Waals surface area contributed by atoms with Gasteiger partial charge in [-0.3, -0.25) is 4.72 Å². The molecule has 0 saturated heterocycles. The molecule has 2 rings (SSSR count). The molecule has 112 valence electrons. The first-order valence-electron chi connectivity index (χ1n) is 6.28. The van der Waals surface area contributed by atoms with Crippen LogP contribution >= 0.6 is 11.8 Å². The second kappa shape index (κ2) is 6.41. The van der Waals surface area contributed by atoms with E-state index < -0.39 is 10.0 Å². The van der Waals surface area contributed by atoms with Gasteiger partial charge in [-0.2, -0.15) is 0 Å². The van der Waals surface area contributed by atoms with E-state index in [1.165, 1.54) is 0 Å². The minimum Gasteiger partial charge on any atom is -0.496 e. The number of thioether (sulfide) groups is 1. The van der Waals surface area contributed by atoms with Gasteiger partial charge in [0.25, 0.3) is 10.0 Å². The highest BCUT2D eigenvalue weighted by Crippen LogP contribution is 2.31. The molecule has 6 heteroatoms. The topological polar surface area (TPSA) is 55.4 Å². The van der Waals surface area contributed by atoms with Crippen LogP contribution in [0, 0.1) is 6.92 Å². The van der Waals surface area contributed by atoms with Crippen LogP contribution in [0.5, 0.6) is 5.75 Å². The molecule has 0 spiro atoms. The van der Waals surface area contributed by atoms with E-state index in [1.807, 2.05) is 19.2 Å². The fraction of sp³-hybridized carbons (Fsp3) is 0.200. The van der Waals surface area contributed by atoms with Gasteiger partial charge in [0, 0.05) is 11.0 Å². The first-order valence-corrected chi connectivity index (χ1v) is 8.98. The molecule has 0 aliphatic heterocycles. The van der Waals surface area contributed by atoms with Crippen LogP contribution < -0.4 is 9.46 Å². The van der Waals surface area contributed by atoms with Gasteiger partial charge < -0.3 is 4.74 Å². The summed E-state index contributed by atoms with van der Waals surface area (Å²) >= 11 is 1.54. The summed E-state index contributed by atoms with van der Waals surface area (Å²) < 4.78 is 32.4. The third kappa shape index (κ3) is 3.71. The Hall–Kier alpha value is -1.66. The molecular weight excluding hydrogens is 306 g/mol. The maximum atomic E-state index is 12.3. The summed E-state index contributed by atoms with van der Waals surface area (Å²) in [6, 6.07) is 11.9. The standard InChI is InChI=1S/C15H17NO3S2/c1-11-4-7-13(8-5-11)21(17,18)16-12-6-9-15(20-3)14(10-12)19-2/h4-10,16H,1-3H3. The lowest BCUT2D eigenvalue weighted by Gasteiger charge is -2.11. The molecule has 0 bridgehead atoms. The summed E-state index contributed by atoms with van der Waals surface area (Å²) in [5, 5.41) is 0. The smallest absolute Gasteiger partial charge is 0.261 e. The highest BCUT2D eigenvalue weighted by molar-refractivity contribution is 7.98. The summed E-state index contributed by atoms with van der Waals surface area (Å²) in [6.45, 7) is 1.91. The maximum Gasteiger partial charge on any atom is 0.261 e. The van der Waals surface area contributed by atoms with Crippen molar-refractivity contribution in [3.8, 4) is 5.75 Å². The summed E-state index contributed by atoms with van der Waals surface area (Å²) in [7, 11) is -2.02. The number of ether oxygens (including phenoxy) is 1. The molecule has 2 aromatic carbocycles. The maximum absolute atomic E-state index is 12.3. The van der Waals surface area contributed by atoms with Crippen LogP contribution in [0.15, 0.2) is 52.3 Å². The van der Waals surface area contributed by atoms with E-state index in [0.717, 1.165) is 10.5 Å². The lowest BCUT2D eigenvalue weighted by Crippen LogP contribution is -2.13. The normalized spacial score (nSPS) is 11.2. The zero-order valence-corrected chi connectivity index (χ0v) is 13.7. The number of hydrogen-bond donors (Lipinski definition) is 1. The molecule has 1 N–H and O–H groups in total. The molecule has 0 aromatic heterocycles. The van der Waals surface area contributed by atoms with E-state index >= 15 is 0 Å². The molecular formula is C15H17NO3S2. The predicted molar refractivity (Wildman–Crippen MR) is 86.8 cm³/mol. The number of hydrogen-bond acceptors (Lipinski definition) is 4. The van der Waals surface area contributed by atoms with Gasteiger partial charge in [-0.1, -0.05) is 17.7 Å². The average Bonchev–Trinajstić information content (AvgIpc) is 2.47. The number of rotatable bonds is 5. The number of aryl methyl sites for hydroxylation is 1. The van der Waals surface area contributed by atoms with Crippen molar-refractivity contribution in [1.82, 2.24) is 0 Å². The summed E-state index contributed by atoms with van der Waals surface area (Å²) in [6.07, 6.45) is 1.94. The van der Waals surface area contributed by atoms with Gasteiger partial charge in [-0.25, -0.2) is 8.42 Å². The van der Waals surface area contributed by atoms with Crippen LogP contribution in [0.1, 0.15) is 5.56 Å². The minimum absolute atomic E-state index is 0.237. The van der Waals surface area contributed by atoms with Crippen molar-refractivity contribution in [2.24, 2.45) is 0 Å². The quantitative estimate of drug-likeness (QED) is 0.855. The molecule has 4 nitrogen and oxygen atoms in total. The van der Waals surface area contributed by atoms with Gasteiger partial charge in [-0.15, -0.1) is 11.8 Å². The molecule has 0 aliphatic carbocycles. The van der Waals surface area contributed by atoms with Crippen molar-refractivity contribution in [1.29, 1.82) is 0 Å². The van der Waals surface area contributed by atoms with Gasteiger partial charge in [-0.05, 0) is 37.4 Å². The van der Waals surface area contributed by atoms with Crippen LogP contribution in [0.2, 0.25) is 0 Å². The third-order valence-electron chi connectivity index (χ3n) is 2.97. The van der Waals surface area contributed by atoms with Crippen LogP contribution in [0.4, 0.5) is 5.69 Å². The van der Waals surface area contributed by atoms with E-state index in [0.29, 0.717) is 11.4 Å². The summed E-state index contributed by atoms with van der Waals surface area (Å²) in [4.78, 5) is 1.19. The number of benzene rings is 2. The van der Waals surface area contributed by atoms with Gasteiger partial charge in [0.05, 0.1) is 17.7 Å². The average molecular weight is 323 g/mol. The number of nitrogens with one attached hydrogen (secondary N) is 1. The Morgan fingerprint density at radius 3 is 2.33 bits per heavy atom. The number of methoxy groups -OCH3 is 1. The Kier molecular flexibility index (Phi) is 4.80. The molecule has 0 radical (unpaired) electrons. The molecule has 0 amide bonds. The molecule has 0 fully saturated rings. The fourth-order valence-corrected chi connectivity index (χ4v) is 3.43. The Morgan fingerprint density at radius 2 is 1.76 bits per heavy atom. The number of sulfonamides is 1. The van der Waals surface area contributed by atoms with Crippen LogP contribution in [0.25, 0.3) is 0 Å². The molecule has 0 atom stereocenters. The van der Waals surface area contributed by atoms with Crippen LogP contribution in [-0.4, -0.2) is 21.8 Å². The van der Waals surface area contributed by atoms with Crippen molar-refractivity contribution >= 4 is 27.5 Å². The van der Waals surface area contributed by atoms with Crippen molar-refractivity contribution in [2.45, 2.75) is 16.7 Å². The Morgan fingerprint density at radius 1 is 1.10 bits per heavy atom. The molecule has 2 aromatic rings. The van der Waals surface area contributed by atoms with E-state index in [2.05, 4.69) is 4.72 Å². The second-order valence-electron chi connectivity index (χ2n) is 4.49. The van der Waals surface area contributed by atoms with Gasteiger partial charge >= 0.3 is 0 Å². The summed E-state index contributed by atoms with van der Waals surface area (Å²) in [5.74, 6) is 0.645. The van der Waals surface area contributed by atoms with Gasteiger partial charge in [0.15, 0.2) is 0 Å². The summed E-state index contributed by atoms with van der Waals surface area (Å²) in [5.41, 5.74) is 1.49. The zero-order chi connectivity index (χ0) is 15.5. The Balaban J connectivity index is 2.30. The second-order valence-corrected chi connectivity index (χ2v) is 7.02. The van der Waals surface area contributed by atoms with E-state index in [9.17, 15) is 8.42 Å². The van der Waals surface area contributed by atoms with E-state index in [4.69, 9.17) is 4.74 Å². The van der Waals surface area contributed by atoms with Gasteiger partial charge in [0.2, 0.25) is 0 Å². The molecule has 0 saturated carbocycles. The molecule has 0 heterocycles. The third-order valence-corrected chi connectivity index (χ3v) is 5.14. The number of anilines is 1. The molecule has 0 aliphatic rings. The SMILES string of the molecule is COc1cc(NS(=O)(=O)c2ccc(C)cc2)ccc1SC. The first-order chi connectivity index (χ1) is 9.96.